The lowest BCUT2D eigenvalue weighted by atomic mass is 9.67. The molecule has 1 aromatic heterocycles. The number of benzene rings is 1. The molecule has 1 amide bonds. The number of rotatable bonds is 2. The fourth-order valence-electron chi connectivity index (χ4n) is 6.17. The predicted molar refractivity (Wildman–Crippen MR) is 114 cm³/mol. The highest BCUT2D eigenvalue weighted by Crippen LogP contribution is 2.46. The van der Waals surface area contributed by atoms with Gasteiger partial charge in [-0.25, -0.2) is 9.97 Å². The molecule has 0 radical (unpaired) electrons. The first-order valence-electron chi connectivity index (χ1n) is 11.3. The number of likely N-dealkylation sites (tertiary alicyclic amines) is 1. The molecule has 2 fully saturated rings. The minimum Gasteiger partial charge on any atom is -0.341 e. The van der Waals surface area contributed by atoms with Crippen molar-refractivity contribution >= 4 is 5.91 Å². The van der Waals surface area contributed by atoms with E-state index in [1.165, 1.54) is 23.2 Å². The molecule has 1 spiro atoms. The maximum absolute atomic E-state index is 14.1. The number of hydrogen-bond donors (Lipinski definition) is 0. The van der Waals surface area contributed by atoms with E-state index in [1.807, 2.05) is 13.1 Å². The Morgan fingerprint density at radius 1 is 1.00 bits per heavy atom. The highest BCUT2D eigenvalue weighted by Gasteiger charge is 2.49. The van der Waals surface area contributed by atoms with Gasteiger partial charge in [0.05, 0.1) is 11.1 Å². The molecule has 0 N–H and O–H groups in total. The Bertz CT molecular complexity index is 900. The molecular weight excluding hydrogens is 358 g/mol. The van der Waals surface area contributed by atoms with Crippen LogP contribution in [0.2, 0.25) is 0 Å². The Hall–Kier alpha value is -2.23. The van der Waals surface area contributed by atoms with Gasteiger partial charge in [0.1, 0.15) is 5.82 Å². The summed E-state index contributed by atoms with van der Waals surface area (Å²) in [7, 11) is 0. The van der Waals surface area contributed by atoms with E-state index in [9.17, 15) is 4.79 Å². The third kappa shape index (κ3) is 3.08. The van der Waals surface area contributed by atoms with Crippen molar-refractivity contribution in [3.05, 3.63) is 59.2 Å². The summed E-state index contributed by atoms with van der Waals surface area (Å²) in [6, 6.07) is 10.6. The third-order valence-electron chi connectivity index (χ3n) is 7.67. The first-order chi connectivity index (χ1) is 14.1. The van der Waals surface area contributed by atoms with Gasteiger partial charge in [-0.2, -0.15) is 0 Å². The quantitative estimate of drug-likeness (QED) is 0.760. The van der Waals surface area contributed by atoms with Gasteiger partial charge in [0.2, 0.25) is 5.91 Å². The summed E-state index contributed by atoms with van der Waals surface area (Å²) in [5.41, 5.74) is 3.43. The lowest BCUT2D eigenvalue weighted by Crippen LogP contribution is -2.54. The van der Waals surface area contributed by atoms with Crippen molar-refractivity contribution in [3.8, 4) is 0 Å². The van der Waals surface area contributed by atoms with Crippen LogP contribution in [0.3, 0.4) is 0 Å². The van der Waals surface area contributed by atoms with Crippen molar-refractivity contribution in [2.45, 2.75) is 75.5 Å². The molecule has 29 heavy (non-hydrogen) atoms. The van der Waals surface area contributed by atoms with Crippen LogP contribution in [-0.4, -0.2) is 33.9 Å². The Morgan fingerprint density at radius 3 is 2.59 bits per heavy atom. The number of carbonyl (C=O) groups is 1. The lowest BCUT2D eigenvalue weighted by molar-refractivity contribution is -0.141. The van der Waals surface area contributed by atoms with Gasteiger partial charge >= 0.3 is 0 Å². The van der Waals surface area contributed by atoms with Gasteiger partial charge in [-0.05, 0) is 56.6 Å². The summed E-state index contributed by atoms with van der Waals surface area (Å²) in [6.07, 6.45) is 11.9. The Morgan fingerprint density at radius 2 is 1.79 bits per heavy atom. The number of fused-ring (bicyclic) bond motifs is 2. The number of aromatic nitrogens is 2. The topological polar surface area (TPSA) is 46.1 Å². The molecule has 1 aromatic carbocycles. The predicted octanol–water partition coefficient (Wildman–Crippen LogP) is 4.49. The van der Waals surface area contributed by atoms with Crippen LogP contribution in [0.25, 0.3) is 0 Å². The molecule has 5 rings (SSSR count). The van der Waals surface area contributed by atoms with Crippen LogP contribution < -0.4 is 0 Å². The standard InChI is InChI=1S/C25H31N3O/c1-19-26-17-20-11-15-24(22(20)27-19)12-8-16-28(18-24)23(29)25(13-6-3-7-14-25)21-9-4-2-5-10-21/h2,4-5,9-10,17H,3,6-8,11-16,18H2,1H3. The van der Waals surface area contributed by atoms with E-state index in [0.717, 1.165) is 70.3 Å². The van der Waals surface area contributed by atoms with Gasteiger partial charge in [-0.1, -0.05) is 49.6 Å². The Kier molecular flexibility index (Phi) is 4.68. The van der Waals surface area contributed by atoms with Crippen molar-refractivity contribution in [1.82, 2.24) is 14.9 Å². The summed E-state index contributed by atoms with van der Waals surface area (Å²) in [6.45, 7) is 3.68. The number of carbonyl (C=O) groups excluding carboxylic acids is 1. The first kappa shape index (κ1) is 18.8. The maximum Gasteiger partial charge on any atom is 0.233 e. The Labute approximate surface area is 173 Å². The minimum absolute atomic E-state index is 0.0312. The van der Waals surface area contributed by atoms with E-state index in [0.29, 0.717) is 5.91 Å². The van der Waals surface area contributed by atoms with Crippen molar-refractivity contribution in [1.29, 1.82) is 0 Å². The van der Waals surface area contributed by atoms with Crippen LogP contribution >= 0.6 is 0 Å². The van der Waals surface area contributed by atoms with Crippen molar-refractivity contribution < 1.29 is 4.79 Å². The largest absolute Gasteiger partial charge is 0.341 e. The lowest BCUT2D eigenvalue weighted by Gasteiger charge is -2.46. The number of amides is 1. The van der Waals surface area contributed by atoms with Crippen molar-refractivity contribution in [3.63, 3.8) is 0 Å². The number of hydrogen-bond acceptors (Lipinski definition) is 3. The van der Waals surface area contributed by atoms with Gasteiger partial charge in [-0.3, -0.25) is 4.79 Å². The third-order valence-corrected chi connectivity index (χ3v) is 7.67. The van der Waals surface area contributed by atoms with E-state index < -0.39 is 0 Å². The van der Waals surface area contributed by atoms with Crippen molar-refractivity contribution in [2.75, 3.05) is 13.1 Å². The smallest absolute Gasteiger partial charge is 0.233 e. The molecule has 1 aliphatic heterocycles. The minimum atomic E-state index is -0.332. The van der Waals surface area contributed by atoms with Crippen LogP contribution in [0.5, 0.6) is 0 Å². The van der Waals surface area contributed by atoms with Crippen LogP contribution in [0, 0.1) is 6.92 Å². The molecule has 2 aromatic rings. The molecule has 1 unspecified atom stereocenters. The molecule has 2 aliphatic carbocycles. The van der Waals surface area contributed by atoms with Crippen LogP contribution in [0.1, 0.15) is 74.0 Å². The summed E-state index contributed by atoms with van der Waals surface area (Å²) >= 11 is 0. The van der Waals surface area contributed by atoms with Crippen LogP contribution in [-0.2, 0) is 22.0 Å². The average molecular weight is 390 g/mol. The monoisotopic (exact) mass is 389 g/mol. The molecule has 1 saturated heterocycles. The fraction of sp³-hybridized carbons (Fsp3) is 0.560. The second-order valence-corrected chi connectivity index (χ2v) is 9.41. The molecule has 0 bridgehead atoms. The second-order valence-electron chi connectivity index (χ2n) is 9.41. The zero-order valence-corrected chi connectivity index (χ0v) is 17.5. The summed E-state index contributed by atoms with van der Waals surface area (Å²) < 4.78 is 0. The van der Waals surface area contributed by atoms with Gasteiger partial charge in [0.15, 0.2) is 0 Å². The zero-order chi connectivity index (χ0) is 19.9. The van der Waals surface area contributed by atoms with E-state index in [2.05, 4.69) is 40.2 Å². The summed E-state index contributed by atoms with van der Waals surface area (Å²) in [4.78, 5) is 25.6. The Balaban J connectivity index is 1.48. The highest BCUT2D eigenvalue weighted by atomic mass is 16.2. The maximum atomic E-state index is 14.1. The second kappa shape index (κ2) is 7.23. The summed E-state index contributed by atoms with van der Waals surface area (Å²) in [5, 5.41) is 0. The molecule has 3 aliphatic rings. The fourth-order valence-corrected chi connectivity index (χ4v) is 6.17. The normalized spacial score (nSPS) is 25.8. The van der Waals surface area contributed by atoms with Gasteiger partial charge in [0, 0.05) is 24.7 Å². The average Bonchev–Trinajstić information content (AvgIpc) is 3.11. The molecule has 2 heterocycles. The number of piperidine rings is 1. The molecule has 1 atom stereocenters. The first-order valence-corrected chi connectivity index (χ1v) is 11.3. The molecule has 1 saturated carbocycles. The number of nitrogens with zero attached hydrogens (tertiary/aromatic N) is 3. The molecular formula is C25H31N3O. The molecule has 4 heteroatoms. The van der Waals surface area contributed by atoms with E-state index in [1.54, 1.807) is 0 Å². The van der Waals surface area contributed by atoms with Gasteiger partial charge < -0.3 is 4.90 Å². The van der Waals surface area contributed by atoms with Gasteiger partial charge in [0.25, 0.3) is 0 Å². The SMILES string of the molecule is Cc1ncc2c(n1)C1(CCCN(C(=O)C3(c4ccccc4)CCCCC3)C1)CC2. The molecule has 152 valence electrons. The van der Waals surface area contributed by atoms with E-state index >= 15 is 0 Å². The van der Waals surface area contributed by atoms with E-state index in [-0.39, 0.29) is 10.8 Å². The van der Waals surface area contributed by atoms with Crippen molar-refractivity contribution in [2.24, 2.45) is 0 Å². The highest BCUT2D eigenvalue weighted by molar-refractivity contribution is 5.88. The zero-order valence-electron chi connectivity index (χ0n) is 17.5. The molecule has 4 nitrogen and oxygen atoms in total. The summed E-state index contributed by atoms with van der Waals surface area (Å²) in [5.74, 6) is 1.21. The number of aryl methyl sites for hydroxylation is 2. The van der Waals surface area contributed by atoms with Gasteiger partial charge in [-0.15, -0.1) is 0 Å². The van der Waals surface area contributed by atoms with Crippen LogP contribution in [0.15, 0.2) is 36.5 Å². The van der Waals surface area contributed by atoms with E-state index in [4.69, 9.17) is 4.98 Å². The van der Waals surface area contributed by atoms with Crippen LogP contribution in [0.4, 0.5) is 0 Å².